The van der Waals surface area contributed by atoms with Gasteiger partial charge >= 0.3 is 0 Å². The largest absolute Gasteiger partial charge is 0.192 e. The summed E-state index contributed by atoms with van der Waals surface area (Å²) < 4.78 is 0. The number of hydrogen-bond donors (Lipinski definition) is 0. The molecule has 0 spiro atoms. The number of nitrogens with zero attached hydrogens (tertiary/aromatic N) is 1. The molecular weight excluding hydrogens is 194 g/mol. The van der Waals surface area contributed by atoms with Crippen LogP contribution in [0.1, 0.15) is 25.0 Å². The molecule has 0 fully saturated rings. The lowest BCUT2D eigenvalue weighted by molar-refractivity contribution is 0.647. The van der Waals surface area contributed by atoms with Gasteiger partial charge in [-0.3, -0.25) is 0 Å². The van der Waals surface area contributed by atoms with E-state index in [4.69, 9.17) is 5.26 Å². The van der Waals surface area contributed by atoms with Crippen LogP contribution in [-0.2, 0) is 6.42 Å². The predicted molar refractivity (Wildman–Crippen MR) is 68.8 cm³/mol. The van der Waals surface area contributed by atoms with Crippen LogP contribution in [0, 0.1) is 17.2 Å². The van der Waals surface area contributed by atoms with Crippen LogP contribution in [0.25, 0.3) is 6.08 Å². The Hall–Kier alpha value is -1.81. The Morgan fingerprint density at radius 1 is 1.38 bits per heavy atom. The van der Waals surface area contributed by atoms with Crippen molar-refractivity contribution in [1.29, 1.82) is 5.26 Å². The second-order valence-electron chi connectivity index (χ2n) is 4.31. The van der Waals surface area contributed by atoms with Crippen LogP contribution in [-0.4, -0.2) is 0 Å². The fraction of sp³-hybridized carbons (Fsp3) is 0.267. The second kappa shape index (κ2) is 5.92. The molecule has 16 heavy (non-hydrogen) atoms. The molecule has 0 aliphatic carbocycles. The molecule has 0 N–H and O–H groups in total. The van der Waals surface area contributed by atoms with Gasteiger partial charge in [-0.2, -0.15) is 5.26 Å². The molecule has 82 valence electrons. The van der Waals surface area contributed by atoms with E-state index in [9.17, 15) is 0 Å². The first-order valence-corrected chi connectivity index (χ1v) is 5.48. The van der Waals surface area contributed by atoms with Gasteiger partial charge in [-0.25, -0.2) is 0 Å². The smallest absolute Gasteiger partial charge is 0.0985 e. The maximum atomic E-state index is 8.56. The second-order valence-corrected chi connectivity index (χ2v) is 4.31. The highest BCUT2D eigenvalue weighted by atomic mass is 14.2. The monoisotopic (exact) mass is 211 g/mol. The average molecular weight is 211 g/mol. The highest BCUT2D eigenvalue weighted by Gasteiger charge is 1.96. The average Bonchev–Trinajstić information content (AvgIpc) is 2.27. The summed E-state index contributed by atoms with van der Waals surface area (Å²) in [5.41, 5.74) is 2.93. The van der Waals surface area contributed by atoms with E-state index >= 15 is 0 Å². The normalized spacial score (nSPS) is 10.6. The fourth-order valence-corrected chi connectivity index (χ4v) is 1.47. The van der Waals surface area contributed by atoms with E-state index in [2.05, 4.69) is 44.7 Å². The van der Waals surface area contributed by atoms with E-state index < -0.39 is 0 Å². The van der Waals surface area contributed by atoms with E-state index in [1.54, 1.807) is 6.08 Å². The summed E-state index contributed by atoms with van der Waals surface area (Å²) in [5.74, 6) is 0.680. The van der Waals surface area contributed by atoms with Crippen LogP contribution in [0.4, 0.5) is 0 Å². The van der Waals surface area contributed by atoms with Crippen LogP contribution in [0.2, 0.25) is 0 Å². The molecule has 1 rings (SSSR count). The van der Waals surface area contributed by atoms with Gasteiger partial charge in [0, 0.05) is 5.57 Å². The molecule has 0 atom stereocenters. The molecular formula is C15H17N. The third-order valence-electron chi connectivity index (χ3n) is 2.24. The lowest BCUT2D eigenvalue weighted by Gasteiger charge is -2.04. The van der Waals surface area contributed by atoms with Crippen molar-refractivity contribution >= 4 is 6.08 Å². The van der Waals surface area contributed by atoms with Crippen LogP contribution < -0.4 is 0 Å². The van der Waals surface area contributed by atoms with Gasteiger partial charge in [0.1, 0.15) is 0 Å². The van der Waals surface area contributed by atoms with Crippen molar-refractivity contribution in [2.24, 2.45) is 5.92 Å². The van der Waals surface area contributed by atoms with E-state index in [1.807, 2.05) is 12.1 Å². The van der Waals surface area contributed by atoms with Gasteiger partial charge in [0.2, 0.25) is 0 Å². The Labute approximate surface area is 97.7 Å². The van der Waals surface area contributed by atoms with Crippen molar-refractivity contribution in [2.45, 2.75) is 20.3 Å². The van der Waals surface area contributed by atoms with E-state index in [-0.39, 0.29) is 0 Å². The topological polar surface area (TPSA) is 23.8 Å². The van der Waals surface area contributed by atoms with Crippen molar-refractivity contribution in [3.05, 3.63) is 53.6 Å². The highest BCUT2D eigenvalue weighted by molar-refractivity contribution is 5.55. The summed E-state index contributed by atoms with van der Waals surface area (Å²) in [4.78, 5) is 0. The first-order valence-electron chi connectivity index (χ1n) is 5.48. The minimum absolute atomic E-state index is 0.478. The van der Waals surface area contributed by atoms with Gasteiger partial charge < -0.3 is 0 Å². The summed E-state index contributed by atoms with van der Waals surface area (Å²) in [6.45, 7) is 8.02. The summed E-state index contributed by atoms with van der Waals surface area (Å²) in [7, 11) is 0. The summed E-state index contributed by atoms with van der Waals surface area (Å²) in [6.07, 6.45) is 4.75. The Kier molecular flexibility index (Phi) is 4.54. The molecule has 0 saturated heterocycles. The van der Waals surface area contributed by atoms with E-state index in [0.29, 0.717) is 11.5 Å². The van der Waals surface area contributed by atoms with Crippen molar-refractivity contribution in [3.63, 3.8) is 0 Å². The molecule has 0 saturated carbocycles. The standard InChI is InChI=1S/C15H17N/c1-12(2)10-15-8-6-14(7-9-15)5-4-13(3)11-16/h4-9,12H,3,10H2,1-2H3/b5-4+. The molecule has 1 heteroatoms. The Bertz CT molecular complexity index is 416. The number of hydrogen-bond acceptors (Lipinski definition) is 1. The molecule has 0 unspecified atom stereocenters. The van der Waals surface area contributed by atoms with Crippen LogP contribution in [0.3, 0.4) is 0 Å². The van der Waals surface area contributed by atoms with Crippen molar-refractivity contribution in [1.82, 2.24) is 0 Å². The van der Waals surface area contributed by atoms with E-state index in [0.717, 1.165) is 12.0 Å². The molecule has 1 nitrogen and oxygen atoms in total. The summed E-state index contributed by atoms with van der Waals surface area (Å²) in [6, 6.07) is 10.4. The summed E-state index contributed by atoms with van der Waals surface area (Å²) in [5, 5.41) is 8.56. The SMILES string of the molecule is C=C(C#N)/C=C/c1ccc(CC(C)C)cc1. The fourth-order valence-electron chi connectivity index (χ4n) is 1.47. The minimum atomic E-state index is 0.478. The van der Waals surface area contributed by atoms with Gasteiger partial charge in [-0.05, 0) is 29.5 Å². The van der Waals surface area contributed by atoms with Gasteiger partial charge in [-0.15, -0.1) is 0 Å². The van der Waals surface area contributed by atoms with Crippen LogP contribution >= 0.6 is 0 Å². The van der Waals surface area contributed by atoms with Crippen LogP contribution in [0.15, 0.2) is 42.5 Å². The molecule has 1 aromatic rings. The zero-order valence-corrected chi connectivity index (χ0v) is 9.90. The van der Waals surface area contributed by atoms with Gasteiger partial charge in [0.15, 0.2) is 0 Å². The Morgan fingerprint density at radius 2 is 2.00 bits per heavy atom. The number of nitriles is 1. The lowest BCUT2D eigenvalue weighted by Crippen LogP contribution is -1.93. The first-order chi connectivity index (χ1) is 7.61. The quantitative estimate of drug-likeness (QED) is 0.546. The number of allylic oxidation sites excluding steroid dienone is 2. The molecule has 0 aliphatic heterocycles. The molecule has 0 aliphatic rings. The predicted octanol–water partition coefficient (Wildman–Crippen LogP) is 3.98. The maximum absolute atomic E-state index is 8.56. The first kappa shape index (κ1) is 12.3. The zero-order valence-electron chi connectivity index (χ0n) is 9.90. The van der Waals surface area contributed by atoms with Crippen LogP contribution in [0.5, 0.6) is 0 Å². The van der Waals surface area contributed by atoms with Gasteiger partial charge in [0.05, 0.1) is 6.07 Å². The lowest BCUT2D eigenvalue weighted by atomic mass is 10.0. The van der Waals surface area contributed by atoms with Crippen molar-refractivity contribution < 1.29 is 0 Å². The van der Waals surface area contributed by atoms with Crippen molar-refractivity contribution in [3.8, 4) is 6.07 Å². The van der Waals surface area contributed by atoms with Crippen molar-refractivity contribution in [2.75, 3.05) is 0 Å². The zero-order chi connectivity index (χ0) is 12.0. The number of rotatable bonds is 4. The van der Waals surface area contributed by atoms with Gasteiger partial charge in [-0.1, -0.05) is 50.8 Å². The molecule has 0 aromatic heterocycles. The molecule has 1 aromatic carbocycles. The highest BCUT2D eigenvalue weighted by Crippen LogP contribution is 2.11. The molecule has 0 radical (unpaired) electrons. The number of benzene rings is 1. The Morgan fingerprint density at radius 3 is 2.50 bits per heavy atom. The Balaban J connectivity index is 2.69. The molecule has 0 amide bonds. The van der Waals surface area contributed by atoms with Gasteiger partial charge in [0.25, 0.3) is 0 Å². The molecule has 0 bridgehead atoms. The van der Waals surface area contributed by atoms with E-state index in [1.165, 1.54) is 5.56 Å². The molecule has 0 heterocycles. The maximum Gasteiger partial charge on any atom is 0.0985 e. The minimum Gasteiger partial charge on any atom is -0.192 e. The summed E-state index contributed by atoms with van der Waals surface area (Å²) >= 11 is 0. The third kappa shape index (κ3) is 4.14. The third-order valence-corrected chi connectivity index (χ3v) is 2.24.